The second kappa shape index (κ2) is 5.96. The molecule has 0 amide bonds. The van der Waals surface area contributed by atoms with Gasteiger partial charge in [-0.25, -0.2) is 0 Å². The fourth-order valence-corrected chi connectivity index (χ4v) is 2.03. The number of hydrogen-bond acceptors (Lipinski definition) is 2. The lowest BCUT2D eigenvalue weighted by Gasteiger charge is -2.19. The fourth-order valence-electron chi connectivity index (χ4n) is 2.03. The molecule has 0 saturated carbocycles. The van der Waals surface area contributed by atoms with Crippen LogP contribution in [-0.2, 0) is 6.54 Å². The number of rotatable bonds is 5. The van der Waals surface area contributed by atoms with Crippen LogP contribution in [0.15, 0.2) is 36.4 Å². The average Bonchev–Trinajstić information content (AvgIpc) is 2.43. The Bertz CT molecular complexity index is 507. The molecule has 2 heteroatoms. The highest BCUT2D eigenvalue weighted by Crippen LogP contribution is 2.12. The minimum atomic E-state index is 0.531. The van der Waals surface area contributed by atoms with Gasteiger partial charge in [0.1, 0.15) is 0 Å². The summed E-state index contributed by atoms with van der Waals surface area (Å²) < 4.78 is 0. The molecule has 2 unspecified atom stereocenters. The highest BCUT2D eigenvalue weighted by Gasteiger charge is 2.09. The molecule has 0 aliphatic rings. The quantitative estimate of drug-likeness (QED) is 0.863. The Kier molecular flexibility index (Phi) is 4.32. The van der Waals surface area contributed by atoms with E-state index in [0.717, 1.165) is 17.8 Å². The molecule has 0 bridgehead atoms. The first-order chi connectivity index (χ1) is 8.70. The lowest BCUT2D eigenvalue weighted by atomic mass is 10.0. The van der Waals surface area contributed by atoms with E-state index >= 15 is 0 Å². The van der Waals surface area contributed by atoms with E-state index in [2.05, 4.69) is 55.3 Å². The number of nitrogens with one attached hydrogen (secondary N) is 1. The lowest BCUT2D eigenvalue weighted by Crippen LogP contribution is -2.31. The third-order valence-corrected chi connectivity index (χ3v) is 3.76. The van der Waals surface area contributed by atoms with Crippen molar-refractivity contribution in [2.75, 3.05) is 0 Å². The Morgan fingerprint density at radius 2 is 1.89 bits per heavy atom. The summed E-state index contributed by atoms with van der Waals surface area (Å²) in [6.07, 6.45) is 1.21. The number of benzene rings is 1. The second-order valence-corrected chi connectivity index (χ2v) is 5.05. The number of fused-ring (bicyclic) bond motifs is 1. The van der Waals surface area contributed by atoms with E-state index in [1.165, 1.54) is 11.8 Å². The van der Waals surface area contributed by atoms with Crippen LogP contribution in [0.4, 0.5) is 0 Å². The van der Waals surface area contributed by atoms with Gasteiger partial charge in [0.25, 0.3) is 0 Å². The van der Waals surface area contributed by atoms with E-state index in [1.807, 2.05) is 12.1 Å². The summed E-state index contributed by atoms with van der Waals surface area (Å²) in [5, 5.41) is 4.76. The van der Waals surface area contributed by atoms with Crippen LogP contribution in [-0.4, -0.2) is 11.0 Å². The van der Waals surface area contributed by atoms with Gasteiger partial charge in [-0.3, -0.25) is 4.98 Å². The molecule has 1 aromatic heterocycles. The van der Waals surface area contributed by atoms with Crippen LogP contribution in [0.2, 0.25) is 0 Å². The van der Waals surface area contributed by atoms with Crippen LogP contribution in [0.3, 0.4) is 0 Å². The highest BCUT2D eigenvalue weighted by atomic mass is 14.9. The zero-order valence-corrected chi connectivity index (χ0v) is 11.5. The van der Waals surface area contributed by atoms with Crippen LogP contribution < -0.4 is 5.32 Å². The van der Waals surface area contributed by atoms with Crippen molar-refractivity contribution in [3.8, 4) is 0 Å². The number of nitrogens with zero attached hydrogens (tertiary/aromatic N) is 1. The van der Waals surface area contributed by atoms with Crippen molar-refractivity contribution in [3.63, 3.8) is 0 Å². The van der Waals surface area contributed by atoms with Crippen molar-refractivity contribution < 1.29 is 0 Å². The number of para-hydroxylation sites is 1. The minimum absolute atomic E-state index is 0.531. The summed E-state index contributed by atoms with van der Waals surface area (Å²) in [6, 6.07) is 13.0. The van der Waals surface area contributed by atoms with E-state index in [9.17, 15) is 0 Å². The third kappa shape index (κ3) is 3.08. The first-order valence-electron chi connectivity index (χ1n) is 6.78. The van der Waals surface area contributed by atoms with Gasteiger partial charge >= 0.3 is 0 Å². The molecule has 0 aliphatic heterocycles. The highest BCUT2D eigenvalue weighted by molar-refractivity contribution is 5.78. The van der Waals surface area contributed by atoms with E-state index in [4.69, 9.17) is 0 Å². The molecular weight excluding hydrogens is 220 g/mol. The van der Waals surface area contributed by atoms with Gasteiger partial charge in [0, 0.05) is 18.0 Å². The molecule has 1 heterocycles. The topological polar surface area (TPSA) is 24.9 Å². The average molecular weight is 242 g/mol. The van der Waals surface area contributed by atoms with Gasteiger partial charge in [0.05, 0.1) is 11.2 Å². The normalized spacial score (nSPS) is 14.6. The van der Waals surface area contributed by atoms with Gasteiger partial charge < -0.3 is 5.32 Å². The molecular formula is C16H22N2. The molecule has 0 spiro atoms. The minimum Gasteiger partial charge on any atom is -0.308 e. The zero-order chi connectivity index (χ0) is 13.0. The number of aromatic nitrogens is 1. The molecule has 2 atom stereocenters. The Hall–Kier alpha value is -1.41. The Morgan fingerprint density at radius 1 is 1.11 bits per heavy atom. The lowest BCUT2D eigenvalue weighted by molar-refractivity contribution is 0.388. The second-order valence-electron chi connectivity index (χ2n) is 5.05. The summed E-state index contributed by atoms with van der Waals surface area (Å²) in [7, 11) is 0. The molecule has 0 saturated heterocycles. The van der Waals surface area contributed by atoms with Crippen molar-refractivity contribution in [3.05, 3.63) is 42.1 Å². The first-order valence-corrected chi connectivity index (χ1v) is 6.78. The fraction of sp³-hybridized carbons (Fsp3) is 0.438. The van der Waals surface area contributed by atoms with Crippen LogP contribution in [0.5, 0.6) is 0 Å². The van der Waals surface area contributed by atoms with Crippen molar-refractivity contribution in [2.24, 2.45) is 5.92 Å². The predicted octanol–water partition coefficient (Wildman–Crippen LogP) is 3.76. The Balaban J connectivity index is 2.04. The van der Waals surface area contributed by atoms with Crippen LogP contribution in [0.25, 0.3) is 10.9 Å². The SMILES string of the molecule is CCC(C)C(C)NCc1ccc2ccccc2n1. The third-order valence-electron chi connectivity index (χ3n) is 3.76. The van der Waals surface area contributed by atoms with Gasteiger partial charge in [-0.2, -0.15) is 0 Å². The van der Waals surface area contributed by atoms with Gasteiger partial charge in [0.2, 0.25) is 0 Å². The largest absolute Gasteiger partial charge is 0.308 e. The maximum absolute atomic E-state index is 4.67. The maximum Gasteiger partial charge on any atom is 0.0705 e. The summed E-state index contributed by atoms with van der Waals surface area (Å²) in [4.78, 5) is 4.67. The van der Waals surface area contributed by atoms with Crippen molar-refractivity contribution >= 4 is 10.9 Å². The van der Waals surface area contributed by atoms with Crippen LogP contribution in [0, 0.1) is 5.92 Å². The Morgan fingerprint density at radius 3 is 2.67 bits per heavy atom. The van der Waals surface area contributed by atoms with Crippen LogP contribution >= 0.6 is 0 Å². The van der Waals surface area contributed by atoms with Crippen molar-refractivity contribution in [1.29, 1.82) is 0 Å². The van der Waals surface area contributed by atoms with Crippen molar-refractivity contribution in [2.45, 2.75) is 39.8 Å². The first kappa shape index (κ1) is 13.0. The molecule has 18 heavy (non-hydrogen) atoms. The number of pyridine rings is 1. The molecule has 0 aliphatic carbocycles. The maximum atomic E-state index is 4.67. The zero-order valence-electron chi connectivity index (χ0n) is 11.5. The molecule has 1 N–H and O–H groups in total. The molecule has 2 rings (SSSR count). The monoisotopic (exact) mass is 242 g/mol. The summed E-state index contributed by atoms with van der Waals surface area (Å²) >= 11 is 0. The molecule has 96 valence electrons. The van der Waals surface area contributed by atoms with E-state index in [-0.39, 0.29) is 0 Å². The van der Waals surface area contributed by atoms with Gasteiger partial charge in [-0.1, -0.05) is 44.5 Å². The molecule has 1 aromatic carbocycles. The molecule has 2 nitrogen and oxygen atoms in total. The van der Waals surface area contributed by atoms with Crippen molar-refractivity contribution in [1.82, 2.24) is 10.3 Å². The van der Waals surface area contributed by atoms with E-state index in [1.54, 1.807) is 0 Å². The standard InChI is InChI=1S/C16H22N2/c1-4-12(2)13(3)17-11-15-10-9-14-7-5-6-8-16(14)18-15/h5-10,12-13,17H,4,11H2,1-3H3. The van der Waals surface area contributed by atoms with Gasteiger partial charge in [-0.15, -0.1) is 0 Å². The summed E-state index contributed by atoms with van der Waals surface area (Å²) in [5.41, 5.74) is 2.19. The molecule has 2 aromatic rings. The van der Waals surface area contributed by atoms with Crippen LogP contribution in [0.1, 0.15) is 32.9 Å². The predicted molar refractivity (Wildman–Crippen MR) is 77.5 cm³/mol. The van der Waals surface area contributed by atoms with E-state index in [0.29, 0.717) is 12.0 Å². The Labute approximate surface area is 109 Å². The molecule has 0 radical (unpaired) electrons. The molecule has 0 fully saturated rings. The van der Waals surface area contributed by atoms with Gasteiger partial charge in [0.15, 0.2) is 0 Å². The van der Waals surface area contributed by atoms with Gasteiger partial charge in [-0.05, 0) is 25.0 Å². The van der Waals surface area contributed by atoms with E-state index < -0.39 is 0 Å². The smallest absolute Gasteiger partial charge is 0.0705 e. The number of hydrogen-bond donors (Lipinski definition) is 1. The summed E-state index contributed by atoms with van der Waals surface area (Å²) in [6.45, 7) is 7.61. The summed E-state index contributed by atoms with van der Waals surface area (Å²) in [5.74, 6) is 0.699.